The highest BCUT2D eigenvalue weighted by Crippen LogP contribution is 2.35. The smallest absolute Gasteiger partial charge is 0.225 e. The Morgan fingerprint density at radius 3 is 2.61 bits per heavy atom. The van der Waals surface area contributed by atoms with Crippen LogP contribution >= 0.6 is 11.6 Å². The van der Waals surface area contributed by atoms with E-state index in [-0.39, 0.29) is 19.1 Å². The third kappa shape index (κ3) is 3.98. The Morgan fingerprint density at radius 2 is 1.88 bits per heavy atom. The summed E-state index contributed by atoms with van der Waals surface area (Å²) in [7, 11) is 0. The molecule has 0 amide bonds. The first kappa shape index (κ1) is 20.9. The number of aromatic nitrogens is 5. The predicted molar refractivity (Wildman–Crippen MR) is 121 cm³/mol. The Labute approximate surface area is 196 Å². The van der Waals surface area contributed by atoms with Gasteiger partial charge in [0.2, 0.25) is 5.95 Å². The van der Waals surface area contributed by atoms with Gasteiger partial charge in [-0.25, -0.2) is 14.4 Å². The maximum absolute atomic E-state index is 14.9. The highest BCUT2D eigenvalue weighted by molar-refractivity contribution is 6.30. The van der Waals surface area contributed by atoms with Crippen molar-refractivity contribution in [2.75, 3.05) is 37.7 Å². The highest BCUT2D eigenvalue weighted by Gasteiger charge is 2.41. The zero-order valence-corrected chi connectivity index (χ0v) is 19.0. The van der Waals surface area contributed by atoms with Crippen LogP contribution < -0.4 is 4.90 Å². The second kappa shape index (κ2) is 8.30. The number of fused-ring (bicyclic) bond motifs is 3. The lowest BCUT2D eigenvalue weighted by atomic mass is 9.95. The summed E-state index contributed by atoms with van der Waals surface area (Å²) in [6.07, 6.45) is 5.43. The molecule has 3 aliphatic heterocycles. The van der Waals surface area contributed by atoms with Crippen molar-refractivity contribution in [3.05, 3.63) is 58.9 Å². The third-order valence-corrected chi connectivity index (χ3v) is 6.96. The predicted octanol–water partition coefficient (Wildman–Crippen LogP) is 3.15. The molecule has 0 saturated carbocycles. The van der Waals surface area contributed by atoms with E-state index in [9.17, 15) is 4.39 Å². The Morgan fingerprint density at radius 1 is 1.09 bits per heavy atom. The molecule has 1 aromatic carbocycles. The van der Waals surface area contributed by atoms with E-state index in [0.29, 0.717) is 24.7 Å². The molecule has 0 unspecified atom stereocenters. The van der Waals surface area contributed by atoms with Gasteiger partial charge in [-0.05, 0) is 42.7 Å². The van der Waals surface area contributed by atoms with E-state index in [1.54, 1.807) is 12.4 Å². The zero-order chi connectivity index (χ0) is 22.4. The van der Waals surface area contributed by atoms with E-state index < -0.39 is 5.67 Å². The van der Waals surface area contributed by atoms with Crippen LogP contribution in [0.3, 0.4) is 0 Å². The average Bonchev–Trinajstić information content (AvgIpc) is 3.15. The molecule has 2 saturated heterocycles. The average molecular weight is 470 g/mol. The van der Waals surface area contributed by atoms with Crippen LogP contribution in [0, 0.1) is 0 Å². The van der Waals surface area contributed by atoms with Crippen LogP contribution in [0.5, 0.6) is 0 Å². The van der Waals surface area contributed by atoms with Crippen LogP contribution in [0.25, 0.3) is 5.69 Å². The van der Waals surface area contributed by atoms with Crippen molar-refractivity contribution < 1.29 is 9.13 Å². The molecule has 33 heavy (non-hydrogen) atoms. The summed E-state index contributed by atoms with van der Waals surface area (Å²) in [6.45, 7) is 3.45. The van der Waals surface area contributed by atoms with Gasteiger partial charge in [-0.3, -0.25) is 9.47 Å². The van der Waals surface area contributed by atoms with Gasteiger partial charge in [0, 0.05) is 49.5 Å². The number of ether oxygens (including phenoxy) is 1. The summed E-state index contributed by atoms with van der Waals surface area (Å²) in [5, 5.41) is 9.86. The van der Waals surface area contributed by atoms with Crippen molar-refractivity contribution in [2.24, 2.45) is 0 Å². The molecule has 0 radical (unpaired) electrons. The van der Waals surface area contributed by atoms with E-state index in [1.807, 2.05) is 24.3 Å². The number of alkyl halides is 1. The third-order valence-electron chi connectivity index (χ3n) is 6.72. The van der Waals surface area contributed by atoms with Gasteiger partial charge in [-0.1, -0.05) is 11.6 Å². The molecule has 0 aliphatic carbocycles. The summed E-state index contributed by atoms with van der Waals surface area (Å²) in [5.41, 5.74) is 0.785. The minimum atomic E-state index is -1.30. The monoisotopic (exact) mass is 469 g/mol. The van der Waals surface area contributed by atoms with Crippen LogP contribution in [0.4, 0.5) is 10.3 Å². The summed E-state index contributed by atoms with van der Waals surface area (Å²) >= 11 is 6.34. The second-order valence-corrected chi connectivity index (χ2v) is 9.62. The Balaban J connectivity index is 1.29. The molecule has 8 nitrogen and oxygen atoms in total. The molecule has 0 spiro atoms. The molecule has 3 aliphatic rings. The second-order valence-electron chi connectivity index (χ2n) is 9.18. The fourth-order valence-corrected chi connectivity index (χ4v) is 5.27. The minimum absolute atomic E-state index is 0.146. The first-order chi connectivity index (χ1) is 16.1. The van der Waals surface area contributed by atoms with E-state index in [1.165, 1.54) is 0 Å². The van der Waals surface area contributed by atoms with Crippen LogP contribution in [0.1, 0.15) is 36.0 Å². The van der Waals surface area contributed by atoms with Crippen LogP contribution in [-0.2, 0) is 17.8 Å². The lowest BCUT2D eigenvalue weighted by molar-refractivity contribution is -0.142. The topological polar surface area (TPSA) is 72.2 Å². The Kier molecular flexibility index (Phi) is 5.27. The number of nitrogens with zero attached hydrogens (tertiary/aromatic N) is 7. The number of hydrogen-bond acceptors (Lipinski definition) is 7. The lowest BCUT2D eigenvalue weighted by Crippen LogP contribution is -2.53. The maximum Gasteiger partial charge on any atom is 0.225 e. The fraction of sp³-hybridized carbons (Fsp3) is 0.478. The van der Waals surface area contributed by atoms with Crippen molar-refractivity contribution in [2.45, 2.75) is 37.5 Å². The molecular formula is C23H25ClFN7O. The number of benzene rings is 1. The van der Waals surface area contributed by atoms with Crippen molar-refractivity contribution in [3.8, 4) is 5.69 Å². The molecule has 0 bridgehead atoms. The number of halogens is 2. The van der Waals surface area contributed by atoms with Crippen molar-refractivity contribution in [3.63, 3.8) is 0 Å². The largest absolute Gasteiger partial charge is 0.375 e. The van der Waals surface area contributed by atoms with E-state index in [2.05, 4.69) is 34.5 Å². The zero-order valence-electron chi connectivity index (χ0n) is 18.2. The highest BCUT2D eigenvalue weighted by atomic mass is 35.5. The van der Waals surface area contributed by atoms with Gasteiger partial charge in [0.05, 0.1) is 25.4 Å². The van der Waals surface area contributed by atoms with Gasteiger partial charge in [0.15, 0.2) is 11.5 Å². The molecule has 2 fully saturated rings. The normalized spacial score (nSPS) is 20.6. The van der Waals surface area contributed by atoms with Crippen LogP contribution in [-0.4, -0.2) is 68.1 Å². The van der Waals surface area contributed by atoms with Gasteiger partial charge >= 0.3 is 0 Å². The first-order valence-corrected chi connectivity index (χ1v) is 11.7. The van der Waals surface area contributed by atoms with Crippen molar-refractivity contribution in [1.29, 1.82) is 0 Å². The summed E-state index contributed by atoms with van der Waals surface area (Å²) in [4.78, 5) is 13.1. The number of rotatable bonds is 4. The summed E-state index contributed by atoms with van der Waals surface area (Å²) < 4.78 is 22.2. The fourth-order valence-electron chi connectivity index (χ4n) is 5.07. The summed E-state index contributed by atoms with van der Waals surface area (Å²) in [6, 6.07) is 7.73. The number of hydrogen-bond donors (Lipinski definition) is 0. The molecule has 0 N–H and O–H groups in total. The van der Waals surface area contributed by atoms with E-state index >= 15 is 0 Å². The Bertz CT molecular complexity index is 1140. The molecule has 0 atom stereocenters. The van der Waals surface area contributed by atoms with E-state index in [0.717, 1.165) is 54.8 Å². The quantitative estimate of drug-likeness (QED) is 0.581. The van der Waals surface area contributed by atoms with Gasteiger partial charge in [-0.2, -0.15) is 0 Å². The molecule has 2 aromatic heterocycles. The van der Waals surface area contributed by atoms with Crippen LogP contribution in [0.2, 0.25) is 5.02 Å². The molecule has 172 valence electrons. The minimum Gasteiger partial charge on any atom is -0.375 e. The van der Waals surface area contributed by atoms with Crippen LogP contribution in [0.15, 0.2) is 36.7 Å². The van der Waals surface area contributed by atoms with Crippen molar-refractivity contribution in [1.82, 2.24) is 29.6 Å². The molecule has 6 rings (SSSR count). The maximum atomic E-state index is 14.9. The van der Waals surface area contributed by atoms with Gasteiger partial charge < -0.3 is 9.64 Å². The van der Waals surface area contributed by atoms with Gasteiger partial charge in [-0.15, -0.1) is 10.2 Å². The molecule has 3 aromatic rings. The summed E-state index contributed by atoms with van der Waals surface area (Å²) in [5.74, 6) is 2.84. The SMILES string of the molecule is FC1(CN2Cc3cc(Cl)ccc3-n3c(nnc3C3CCN(c4ncccn4)CC3)C2)COC1. The van der Waals surface area contributed by atoms with Gasteiger partial charge in [0.25, 0.3) is 0 Å². The first-order valence-electron chi connectivity index (χ1n) is 11.3. The van der Waals surface area contributed by atoms with Crippen molar-refractivity contribution >= 4 is 17.5 Å². The van der Waals surface area contributed by atoms with E-state index in [4.69, 9.17) is 16.3 Å². The molecular weight excluding hydrogens is 445 g/mol. The molecule has 5 heterocycles. The Hall–Kier alpha value is -2.62. The molecule has 10 heteroatoms. The lowest BCUT2D eigenvalue weighted by Gasteiger charge is -2.37. The number of piperidine rings is 1. The number of anilines is 1. The standard InChI is InChI=1S/C23H25ClFN7O/c24-18-2-3-19-17(10-18)11-30(13-23(25)14-33-15-23)12-20-28-29-21(32(19)20)16-4-8-31(9-5-16)22-26-6-1-7-27-22/h1-3,6-7,10,16H,4-5,8-9,11-15H2. The van der Waals surface area contributed by atoms with Gasteiger partial charge in [0.1, 0.15) is 5.82 Å².